The molecule has 0 unspecified atom stereocenters. The van der Waals surface area contributed by atoms with Crippen LogP contribution in [0.15, 0.2) is 67.0 Å². The fourth-order valence-corrected chi connectivity index (χ4v) is 3.18. The molecular weight excluding hydrogens is 310 g/mol. The van der Waals surface area contributed by atoms with Crippen molar-refractivity contribution >= 4 is 11.6 Å². The molecule has 0 fully saturated rings. The molecule has 1 aliphatic rings. The van der Waals surface area contributed by atoms with Crippen molar-refractivity contribution in [2.24, 2.45) is 0 Å². The molecule has 1 aliphatic heterocycles. The molecule has 2 aromatic carbocycles. The smallest absolute Gasteiger partial charge is 0.258 e. The molecule has 1 aromatic heterocycles. The lowest BCUT2D eigenvalue weighted by Crippen LogP contribution is -2.28. The van der Waals surface area contributed by atoms with Crippen molar-refractivity contribution in [3.8, 4) is 17.2 Å². The summed E-state index contributed by atoms with van der Waals surface area (Å²) in [4.78, 5) is 18.7. The maximum absolute atomic E-state index is 12.8. The Morgan fingerprint density at radius 2 is 1.76 bits per heavy atom. The maximum Gasteiger partial charge on any atom is 0.258 e. The number of carbonyl (C=O) groups excluding carboxylic acids is 1. The van der Waals surface area contributed by atoms with Crippen LogP contribution in [-0.2, 0) is 6.42 Å². The summed E-state index contributed by atoms with van der Waals surface area (Å²) in [6.07, 6.45) is 4.41. The van der Waals surface area contributed by atoms with Crippen LogP contribution in [0.1, 0.15) is 21.5 Å². The first-order valence-corrected chi connectivity index (χ1v) is 8.11. The van der Waals surface area contributed by atoms with Crippen LogP contribution in [0.3, 0.4) is 0 Å². The van der Waals surface area contributed by atoms with Gasteiger partial charge in [-0.25, -0.2) is 0 Å². The second-order valence-electron chi connectivity index (χ2n) is 5.98. The van der Waals surface area contributed by atoms with Crippen LogP contribution in [0.4, 0.5) is 5.69 Å². The van der Waals surface area contributed by atoms with Gasteiger partial charge in [-0.1, -0.05) is 6.07 Å². The number of benzene rings is 2. The van der Waals surface area contributed by atoms with Crippen LogP contribution in [0, 0.1) is 11.3 Å². The Kier molecular flexibility index (Phi) is 3.75. The number of nitriles is 1. The van der Waals surface area contributed by atoms with E-state index in [4.69, 9.17) is 5.26 Å². The molecule has 4 rings (SSSR count). The van der Waals surface area contributed by atoms with Gasteiger partial charge in [-0.2, -0.15) is 5.26 Å². The predicted molar refractivity (Wildman–Crippen MR) is 96.2 cm³/mol. The number of fused-ring (bicyclic) bond motifs is 1. The summed E-state index contributed by atoms with van der Waals surface area (Å²) in [5, 5.41) is 8.88. The number of rotatable bonds is 2. The largest absolute Gasteiger partial charge is 0.308 e. The molecule has 0 spiro atoms. The summed E-state index contributed by atoms with van der Waals surface area (Å²) >= 11 is 0. The average molecular weight is 325 g/mol. The van der Waals surface area contributed by atoms with Crippen molar-refractivity contribution in [2.45, 2.75) is 6.42 Å². The molecular formula is C21H15N3O. The van der Waals surface area contributed by atoms with Crippen molar-refractivity contribution in [1.29, 1.82) is 5.26 Å². The molecule has 4 heteroatoms. The van der Waals surface area contributed by atoms with E-state index in [1.54, 1.807) is 36.7 Å². The van der Waals surface area contributed by atoms with Crippen molar-refractivity contribution in [3.05, 3.63) is 83.7 Å². The van der Waals surface area contributed by atoms with E-state index in [0.29, 0.717) is 17.7 Å². The lowest BCUT2D eigenvalue weighted by Gasteiger charge is -2.17. The van der Waals surface area contributed by atoms with Crippen LogP contribution < -0.4 is 4.90 Å². The van der Waals surface area contributed by atoms with E-state index in [-0.39, 0.29) is 5.91 Å². The highest BCUT2D eigenvalue weighted by atomic mass is 16.2. The zero-order valence-electron chi connectivity index (χ0n) is 13.5. The molecule has 0 saturated carbocycles. The first kappa shape index (κ1) is 15.1. The van der Waals surface area contributed by atoms with E-state index >= 15 is 0 Å². The molecule has 4 nitrogen and oxygen atoms in total. The third kappa shape index (κ3) is 2.77. The summed E-state index contributed by atoms with van der Waals surface area (Å²) in [6.45, 7) is 0.675. The number of anilines is 1. The van der Waals surface area contributed by atoms with Gasteiger partial charge in [0.1, 0.15) is 0 Å². The second-order valence-corrected chi connectivity index (χ2v) is 5.98. The topological polar surface area (TPSA) is 57.0 Å². The number of pyridine rings is 1. The van der Waals surface area contributed by atoms with Gasteiger partial charge < -0.3 is 4.90 Å². The van der Waals surface area contributed by atoms with Gasteiger partial charge in [0.25, 0.3) is 5.91 Å². The first-order chi connectivity index (χ1) is 12.3. The van der Waals surface area contributed by atoms with E-state index in [1.807, 2.05) is 29.2 Å². The van der Waals surface area contributed by atoms with Crippen molar-refractivity contribution < 1.29 is 4.79 Å². The highest BCUT2D eigenvalue weighted by Gasteiger charge is 2.25. The van der Waals surface area contributed by atoms with Gasteiger partial charge in [0, 0.05) is 30.2 Å². The summed E-state index contributed by atoms with van der Waals surface area (Å²) in [6, 6.07) is 19.0. The summed E-state index contributed by atoms with van der Waals surface area (Å²) in [5.41, 5.74) is 5.55. The van der Waals surface area contributed by atoms with Gasteiger partial charge in [-0.3, -0.25) is 9.78 Å². The molecule has 25 heavy (non-hydrogen) atoms. The quantitative estimate of drug-likeness (QED) is 0.719. The first-order valence-electron chi connectivity index (χ1n) is 8.11. The fourth-order valence-electron chi connectivity index (χ4n) is 3.18. The zero-order valence-corrected chi connectivity index (χ0v) is 13.5. The molecule has 1 amide bonds. The Bertz CT molecular complexity index is 972. The van der Waals surface area contributed by atoms with Gasteiger partial charge in [-0.05, 0) is 71.6 Å². The van der Waals surface area contributed by atoms with Gasteiger partial charge in [0.15, 0.2) is 0 Å². The maximum atomic E-state index is 12.8. The average Bonchev–Trinajstić information content (AvgIpc) is 3.11. The Labute approximate surface area is 146 Å². The highest BCUT2D eigenvalue weighted by molar-refractivity contribution is 6.07. The molecule has 3 aromatic rings. The minimum absolute atomic E-state index is 0.0279. The number of nitrogens with zero attached hydrogens (tertiary/aromatic N) is 3. The molecule has 0 atom stereocenters. The van der Waals surface area contributed by atoms with E-state index < -0.39 is 0 Å². The summed E-state index contributed by atoms with van der Waals surface area (Å²) in [7, 11) is 0. The zero-order chi connectivity index (χ0) is 17.2. The van der Waals surface area contributed by atoms with Crippen LogP contribution in [0.25, 0.3) is 11.1 Å². The van der Waals surface area contributed by atoms with E-state index in [9.17, 15) is 4.79 Å². The van der Waals surface area contributed by atoms with Gasteiger partial charge >= 0.3 is 0 Å². The lowest BCUT2D eigenvalue weighted by atomic mass is 10.0. The molecule has 0 radical (unpaired) electrons. The normalized spacial score (nSPS) is 12.5. The van der Waals surface area contributed by atoms with Gasteiger partial charge in [0.05, 0.1) is 11.6 Å². The second kappa shape index (κ2) is 6.21. The van der Waals surface area contributed by atoms with Crippen molar-refractivity contribution in [2.75, 3.05) is 11.4 Å². The third-order valence-electron chi connectivity index (χ3n) is 4.49. The van der Waals surface area contributed by atoms with Gasteiger partial charge in [-0.15, -0.1) is 0 Å². The molecule has 0 saturated heterocycles. The molecule has 0 N–H and O–H groups in total. The van der Waals surface area contributed by atoms with E-state index in [0.717, 1.165) is 23.2 Å². The van der Waals surface area contributed by atoms with Crippen LogP contribution >= 0.6 is 0 Å². The van der Waals surface area contributed by atoms with Crippen LogP contribution in [0.5, 0.6) is 0 Å². The van der Waals surface area contributed by atoms with Crippen molar-refractivity contribution in [1.82, 2.24) is 4.98 Å². The number of aromatic nitrogens is 1. The molecule has 2 heterocycles. The SMILES string of the molecule is N#Cc1ccc(C(=O)N2CCc3cc(-c4ccncc4)ccc32)cc1. The highest BCUT2D eigenvalue weighted by Crippen LogP contribution is 2.33. The van der Waals surface area contributed by atoms with E-state index in [1.165, 1.54) is 5.56 Å². The van der Waals surface area contributed by atoms with Gasteiger partial charge in [0.2, 0.25) is 0 Å². The van der Waals surface area contributed by atoms with E-state index in [2.05, 4.69) is 17.1 Å². The van der Waals surface area contributed by atoms with Crippen LogP contribution in [-0.4, -0.2) is 17.4 Å². The Hall–Kier alpha value is -3.45. The Balaban J connectivity index is 1.63. The summed E-state index contributed by atoms with van der Waals surface area (Å²) < 4.78 is 0. The minimum atomic E-state index is -0.0279. The lowest BCUT2D eigenvalue weighted by molar-refractivity contribution is 0.0989. The fraction of sp³-hybridized carbons (Fsp3) is 0.0952. The number of hydrogen-bond donors (Lipinski definition) is 0. The minimum Gasteiger partial charge on any atom is -0.308 e. The van der Waals surface area contributed by atoms with Crippen LogP contribution in [0.2, 0.25) is 0 Å². The molecule has 120 valence electrons. The number of amides is 1. The van der Waals surface area contributed by atoms with Crippen molar-refractivity contribution in [3.63, 3.8) is 0 Å². The third-order valence-corrected chi connectivity index (χ3v) is 4.49. The monoisotopic (exact) mass is 325 g/mol. The standard InChI is InChI=1S/C21H15N3O/c22-14-15-1-3-17(4-2-15)21(25)24-12-9-19-13-18(5-6-20(19)24)16-7-10-23-11-8-16/h1-8,10-11,13H,9,12H2. The number of carbonyl (C=O) groups is 1. The molecule has 0 aliphatic carbocycles. The molecule has 0 bridgehead atoms. The Morgan fingerprint density at radius 3 is 2.48 bits per heavy atom. The predicted octanol–water partition coefficient (Wildman–Crippen LogP) is 3.82. The summed E-state index contributed by atoms with van der Waals surface area (Å²) in [5.74, 6) is -0.0279. The Morgan fingerprint density at radius 1 is 1.00 bits per heavy atom. The number of hydrogen-bond acceptors (Lipinski definition) is 3.